The minimum atomic E-state index is -4.43. The fourth-order valence-corrected chi connectivity index (χ4v) is 31.8. The van der Waals surface area contributed by atoms with Crippen LogP contribution in [0.2, 0.25) is 13.1 Å². The molecule has 0 unspecified atom stereocenters. The Labute approximate surface area is 229 Å². The molecule has 2 aliphatic rings. The predicted molar refractivity (Wildman–Crippen MR) is 160 cm³/mol. The first-order valence-corrected chi connectivity index (χ1v) is 23.1. The van der Waals surface area contributed by atoms with E-state index in [9.17, 15) is 4.79 Å². The van der Waals surface area contributed by atoms with Crippen molar-refractivity contribution in [2.24, 2.45) is 5.92 Å². The summed E-state index contributed by atoms with van der Waals surface area (Å²) in [7, 11) is 0. The summed E-state index contributed by atoms with van der Waals surface area (Å²) in [6, 6.07) is 38.1. The van der Waals surface area contributed by atoms with Gasteiger partial charge in [0.05, 0.1) is 0 Å². The molecule has 4 aromatic carbocycles. The summed E-state index contributed by atoms with van der Waals surface area (Å²) in [5.74, 6) is 0.407. The Bertz CT molecular complexity index is 1420. The molecule has 4 aromatic rings. The number of fused-ring (bicyclic) bond motifs is 3. The molecule has 4 heteroatoms. The number of amides is 1. The number of carbonyl (C=O) groups excluding carboxylic acids is 1. The second-order valence-electron chi connectivity index (χ2n) is 11.7. The number of nitrogens with one attached hydrogen (secondary N) is 1. The van der Waals surface area contributed by atoms with E-state index in [1.54, 1.807) is 0 Å². The topological polar surface area (TPSA) is 29.1 Å². The third-order valence-corrected chi connectivity index (χ3v) is 35.9. The maximum atomic E-state index is 14.5. The molecule has 6 rings (SSSR count). The van der Waals surface area contributed by atoms with Crippen LogP contribution in [-0.4, -0.2) is 12.6 Å². The van der Waals surface area contributed by atoms with Gasteiger partial charge in [-0.15, -0.1) is 0 Å². The van der Waals surface area contributed by atoms with Crippen LogP contribution in [-0.2, 0) is 26.0 Å². The molecule has 1 amide bonds. The molecule has 193 valence electrons. The predicted octanol–water partition coefficient (Wildman–Crippen LogP) is 5.82. The van der Waals surface area contributed by atoms with Gasteiger partial charge in [0.15, 0.2) is 0 Å². The molecule has 1 fully saturated rings. The summed E-state index contributed by atoms with van der Waals surface area (Å²) >= 11 is -4.43. The van der Waals surface area contributed by atoms with E-state index >= 15 is 0 Å². The first kappa shape index (κ1) is 25.6. The summed E-state index contributed by atoms with van der Waals surface area (Å²) in [6.07, 6.45) is 6.52. The molecule has 2 nitrogen and oxygen atoms in total. The summed E-state index contributed by atoms with van der Waals surface area (Å²) in [6.45, 7) is 3.38. The van der Waals surface area contributed by atoms with E-state index in [0.717, 1.165) is 32.1 Å². The van der Waals surface area contributed by atoms with Crippen LogP contribution in [0.5, 0.6) is 0 Å². The van der Waals surface area contributed by atoms with E-state index < -0.39 is 21.5 Å². The van der Waals surface area contributed by atoms with Crippen molar-refractivity contribution in [1.82, 2.24) is 3.80 Å². The zero-order chi connectivity index (χ0) is 26.2. The monoisotopic (exact) mass is 552 g/mol. The average Bonchev–Trinajstić information content (AvgIpc) is 3.36. The molecule has 0 radical (unpaired) electrons. The van der Waals surface area contributed by atoms with Crippen LogP contribution in [0.3, 0.4) is 0 Å². The van der Waals surface area contributed by atoms with Crippen LogP contribution < -0.4 is 15.4 Å². The standard InChI is InChI=1S/C13H9.C7H13NO.2C6H5.C2H7Si.Ti/c1-3-7-12-10(5-1)9-11-6-2-4-8-13(11)12;8-7(9)6-4-2-1-3-5-6;2*1-2-4-6-5-3-1;1-3-2;/h1-5,7-8H,9H2;6H,1-5H2,(H2,8,9);2*1-5H;3H,1-2H3;/q;;;;;+1/p-1. The van der Waals surface area contributed by atoms with Crippen molar-refractivity contribution in [3.8, 4) is 11.1 Å². The molecule has 0 atom stereocenters. The van der Waals surface area contributed by atoms with E-state index in [2.05, 4.69) is 120 Å². The molecule has 1 N–H and O–H groups in total. The van der Waals surface area contributed by atoms with Crippen molar-refractivity contribution in [2.45, 2.75) is 51.6 Å². The van der Waals surface area contributed by atoms with Crippen LogP contribution in [0.4, 0.5) is 0 Å². The second kappa shape index (κ2) is 10.1. The molecular weight excluding hydrogens is 514 g/mol. The summed E-state index contributed by atoms with van der Waals surface area (Å²) in [5.41, 5.74) is 5.53. The van der Waals surface area contributed by atoms with Crippen LogP contribution in [0, 0.1) is 5.92 Å². The van der Waals surface area contributed by atoms with Gasteiger partial charge < -0.3 is 0 Å². The number of hydrogen-bond donors (Lipinski definition) is 1. The summed E-state index contributed by atoms with van der Waals surface area (Å²) < 4.78 is 8.31. The zero-order valence-electron chi connectivity index (χ0n) is 22.6. The van der Waals surface area contributed by atoms with Gasteiger partial charge in [-0.2, -0.15) is 0 Å². The quantitative estimate of drug-likeness (QED) is 0.265. The Kier molecular flexibility index (Phi) is 6.80. The summed E-state index contributed by atoms with van der Waals surface area (Å²) in [4.78, 5) is 14.5. The molecule has 2 aliphatic carbocycles. The van der Waals surface area contributed by atoms with E-state index in [4.69, 9.17) is 0 Å². The zero-order valence-corrected chi connectivity index (χ0v) is 25.3. The Balaban J connectivity index is 1.71. The van der Waals surface area contributed by atoms with Crippen LogP contribution in [0.1, 0.15) is 43.2 Å². The first-order chi connectivity index (χ1) is 18.6. The van der Waals surface area contributed by atoms with Crippen molar-refractivity contribution < 1.29 is 19.6 Å². The van der Waals surface area contributed by atoms with Gasteiger partial charge in [-0.1, -0.05) is 0 Å². The molecular formula is C34H38NOSiTi. The molecule has 0 aromatic heterocycles. The van der Waals surface area contributed by atoms with E-state index in [1.165, 1.54) is 40.3 Å². The van der Waals surface area contributed by atoms with Crippen molar-refractivity contribution >= 4 is 24.2 Å². The average molecular weight is 553 g/mol. The van der Waals surface area contributed by atoms with Gasteiger partial charge in [0, 0.05) is 0 Å². The SMILES string of the molecule is C[SiH](C)[Ti]([NH]C(=O)C1CCCCC1)([c]1ccccc1)([c]1ccccc1)[c]1cccc2c1Cc1ccccc1-2. The Morgan fingerprint density at radius 3 is 1.92 bits per heavy atom. The molecule has 38 heavy (non-hydrogen) atoms. The van der Waals surface area contributed by atoms with Gasteiger partial charge in [-0.3, -0.25) is 0 Å². The van der Waals surface area contributed by atoms with Crippen molar-refractivity contribution in [3.05, 3.63) is 114 Å². The minimum absolute atomic E-state index is 0.112. The molecule has 1 saturated carbocycles. The van der Waals surface area contributed by atoms with Crippen LogP contribution in [0.15, 0.2) is 103 Å². The van der Waals surface area contributed by atoms with Gasteiger partial charge in [-0.05, 0) is 0 Å². The molecule has 0 saturated heterocycles. The van der Waals surface area contributed by atoms with E-state index in [-0.39, 0.29) is 5.92 Å². The number of hydrogen-bond acceptors (Lipinski definition) is 1. The molecule has 0 aliphatic heterocycles. The van der Waals surface area contributed by atoms with Crippen molar-refractivity contribution in [3.63, 3.8) is 0 Å². The second-order valence-corrected chi connectivity index (χ2v) is 31.4. The Morgan fingerprint density at radius 2 is 1.29 bits per heavy atom. The van der Waals surface area contributed by atoms with Gasteiger partial charge >= 0.3 is 231 Å². The first-order valence-electron chi connectivity index (χ1n) is 14.4. The fourth-order valence-electron chi connectivity index (χ4n) is 7.75. The van der Waals surface area contributed by atoms with Gasteiger partial charge in [-0.25, -0.2) is 0 Å². The van der Waals surface area contributed by atoms with Crippen molar-refractivity contribution in [2.75, 3.05) is 0 Å². The Morgan fingerprint density at radius 1 is 0.711 bits per heavy atom. The van der Waals surface area contributed by atoms with Gasteiger partial charge in [0.25, 0.3) is 0 Å². The number of rotatable bonds is 6. The maximum absolute atomic E-state index is 14.5. The van der Waals surface area contributed by atoms with Gasteiger partial charge in [0.2, 0.25) is 0 Å². The molecule has 0 spiro atoms. The third-order valence-electron chi connectivity index (χ3n) is 9.67. The van der Waals surface area contributed by atoms with Crippen molar-refractivity contribution in [1.29, 1.82) is 0 Å². The molecule has 0 bridgehead atoms. The fraction of sp³-hybridized carbons (Fsp3) is 0.265. The summed E-state index contributed by atoms with van der Waals surface area (Å²) in [5, 5.41) is 0. The molecule has 0 heterocycles. The van der Waals surface area contributed by atoms with E-state index in [1.807, 2.05) is 0 Å². The number of benzene rings is 4. The van der Waals surface area contributed by atoms with Crippen LogP contribution in [0.25, 0.3) is 11.1 Å². The van der Waals surface area contributed by atoms with Crippen LogP contribution >= 0.6 is 0 Å². The normalized spacial score (nSPS) is 16.3. The van der Waals surface area contributed by atoms with Gasteiger partial charge in [0.1, 0.15) is 0 Å². The number of carbonyl (C=O) groups is 1. The van der Waals surface area contributed by atoms with E-state index in [0.29, 0.717) is 5.91 Å². The third kappa shape index (κ3) is 3.74. The Hall–Kier alpha value is -2.72.